The Kier molecular flexibility index (Phi) is 6.38. The summed E-state index contributed by atoms with van der Waals surface area (Å²) in [5.74, 6) is 1.04. The molecule has 0 atom stereocenters. The number of ether oxygens (including phenoxy) is 2. The molecule has 0 heterocycles. The highest BCUT2D eigenvalue weighted by atomic mass is 35.5. The maximum Gasteiger partial charge on any atom is 0.167 e. The molecule has 0 saturated heterocycles. The zero-order valence-electron chi connectivity index (χ0n) is 13.7. The highest BCUT2D eigenvalue weighted by Crippen LogP contribution is 2.26. The smallest absolute Gasteiger partial charge is 0.167 e. The van der Waals surface area contributed by atoms with Crippen LogP contribution in [0.1, 0.15) is 35.7 Å². The maximum absolute atomic E-state index is 12.3. The van der Waals surface area contributed by atoms with Crippen LogP contribution in [0.5, 0.6) is 11.5 Å². The first kappa shape index (κ1) is 18.0. The maximum atomic E-state index is 12.3. The van der Waals surface area contributed by atoms with Crippen molar-refractivity contribution in [3.63, 3.8) is 0 Å². The van der Waals surface area contributed by atoms with Crippen LogP contribution in [0.15, 0.2) is 42.5 Å². The zero-order chi connectivity index (χ0) is 17.5. The first-order valence-corrected chi connectivity index (χ1v) is 7.95. The second kappa shape index (κ2) is 8.50. The van der Waals surface area contributed by atoms with Gasteiger partial charge in [0.1, 0.15) is 23.9 Å². The third-order valence-electron chi connectivity index (χ3n) is 3.50. The fourth-order valence-electron chi connectivity index (χ4n) is 2.15. The highest BCUT2D eigenvalue weighted by Gasteiger charge is 2.14. The van der Waals surface area contributed by atoms with Gasteiger partial charge in [-0.05, 0) is 42.8 Å². The van der Waals surface area contributed by atoms with Crippen molar-refractivity contribution >= 4 is 23.2 Å². The minimum absolute atomic E-state index is 0.0157. The number of Topliss-reactive ketones (excluding diaryl/α,β-unsaturated/α-hetero) is 2. The molecule has 0 aromatic heterocycles. The van der Waals surface area contributed by atoms with Gasteiger partial charge >= 0.3 is 0 Å². The number of halogens is 1. The van der Waals surface area contributed by atoms with Crippen LogP contribution in [-0.2, 0) is 11.4 Å². The van der Waals surface area contributed by atoms with E-state index in [2.05, 4.69) is 0 Å². The van der Waals surface area contributed by atoms with Gasteiger partial charge in [0.05, 0.1) is 12.7 Å². The Bertz CT molecular complexity index is 723. The Morgan fingerprint density at radius 2 is 1.75 bits per heavy atom. The Hall–Kier alpha value is -2.33. The largest absolute Gasteiger partial charge is 0.497 e. The standard InChI is InChI=1S/C19H19ClO4/c1-13(21)3-10-18(22)17-9-6-15(20)11-19(17)24-12-14-4-7-16(23-2)8-5-14/h4-9,11H,3,10,12H2,1-2H3. The Labute approximate surface area is 146 Å². The van der Waals surface area contributed by atoms with Crippen LogP contribution in [0.2, 0.25) is 5.02 Å². The topological polar surface area (TPSA) is 52.6 Å². The summed E-state index contributed by atoms with van der Waals surface area (Å²) >= 11 is 6.01. The molecule has 24 heavy (non-hydrogen) atoms. The van der Waals surface area contributed by atoms with Gasteiger partial charge in [-0.3, -0.25) is 4.79 Å². The molecule has 0 amide bonds. The molecular formula is C19H19ClO4. The van der Waals surface area contributed by atoms with Gasteiger partial charge in [0.15, 0.2) is 5.78 Å². The van der Waals surface area contributed by atoms with Crippen LogP contribution < -0.4 is 9.47 Å². The SMILES string of the molecule is COc1ccc(COc2cc(Cl)ccc2C(=O)CCC(C)=O)cc1. The minimum atomic E-state index is -0.133. The molecule has 2 aromatic rings. The van der Waals surface area contributed by atoms with E-state index in [0.717, 1.165) is 11.3 Å². The Morgan fingerprint density at radius 3 is 2.38 bits per heavy atom. The van der Waals surface area contributed by atoms with Gasteiger partial charge in [-0.2, -0.15) is 0 Å². The highest BCUT2D eigenvalue weighted by molar-refractivity contribution is 6.30. The molecule has 0 aliphatic rings. The molecule has 2 rings (SSSR count). The predicted molar refractivity (Wildman–Crippen MR) is 93.0 cm³/mol. The molecule has 0 fully saturated rings. The number of ketones is 2. The van der Waals surface area contributed by atoms with Crippen LogP contribution >= 0.6 is 11.6 Å². The van der Waals surface area contributed by atoms with Gasteiger partial charge in [-0.25, -0.2) is 0 Å². The number of methoxy groups -OCH3 is 1. The summed E-state index contributed by atoms with van der Waals surface area (Å²) in [5.41, 5.74) is 1.38. The molecule has 0 bridgehead atoms. The average molecular weight is 347 g/mol. The minimum Gasteiger partial charge on any atom is -0.497 e. The van der Waals surface area contributed by atoms with E-state index in [4.69, 9.17) is 21.1 Å². The lowest BCUT2D eigenvalue weighted by atomic mass is 10.0. The monoisotopic (exact) mass is 346 g/mol. The van der Waals surface area contributed by atoms with Gasteiger partial charge < -0.3 is 14.3 Å². The molecule has 0 unspecified atom stereocenters. The first-order chi connectivity index (χ1) is 11.5. The van der Waals surface area contributed by atoms with Crippen molar-refractivity contribution in [2.24, 2.45) is 0 Å². The van der Waals surface area contributed by atoms with E-state index in [1.165, 1.54) is 6.92 Å². The summed E-state index contributed by atoms with van der Waals surface area (Å²) < 4.78 is 10.9. The lowest BCUT2D eigenvalue weighted by Gasteiger charge is -2.12. The zero-order valence-corrected chi connectivity index (χ0v) is 14.4. The quantitative estimate of drug-likeness (QED) is 0.661. The molecule has 0 radical (unpaired) electrons. The molecule has 0 spiro atoms. The molecule has 2 aromatic carbocycles. The van der Waals surface area contributed by atoms with Gasteiger partial charge in [-0.1, -0.05) is 23.7 Å². The van der Waals surface area contributed by atoms with Gasteiger partial charge in [0.25, 0.3) is 0 Å². The van der Waals surface area contributed by atoms with E-state index in [1.54, 1.807) is 25.3 Å². The van der Waals surface area contributed by atoms with Crippen molar-refractivity contribution in [1.82, 2.24) is 0 Å². The number of benzene rings is 2. The molecule has 5 heteroatoms. The number of carbonyl (C=O) groups is 2. The number of hydrogen-bond donors (Lipinski definition) is 0. The molecule has 0 N–H and O–H groups in total. The summed E-state index contributed by atoms with van der Waals surface area (Å²) in [6.45, 7) is 1.77. The molecule has 4 nitrogen and oxygen atoms in total. The lowest BCUT2D eigenvalue weighted by Crippen LogP contribution is -2.06. The number of rotatable bonds is 8. The van der Waals surface area contributed by atoms with Crippen LogP contribution in [-0.4, -0.2) is 18.7 Å². The summed E-state index contributed by atoms with van der Waals surface area (Å²) in [6, 6.07) is 12.4. The van der Waals surface area contributed by atoms with Crippen molar-refractivity contribution in [3.05, 3.63) is 58.6 Å². The molecule has 0 aliphatic heterocycles. The predicted octanol–water partition coefficient (Wildman–Crippen LogP) is 4.48. The normalized spacial score (nSPS) is 10.3. The van der Waals surface area contributed by atoms with Crippen molar-refractivity contribution in [2.45, 2.75) is 26.4 Å². The Balaban J connectivity index is 2.11. The summed E-state index contributed by atoms with van der Waals surface area (Å²) in [7, 11) is 1.61. The number of hydrogen-bond acceptors (Lipinski definition) is 4. The molecule has 126 valence electrons. The van der Waals surface area contributed by atoms with Gasteiger partial charge in [0, 0.05) is 17.9 Å². The van der Waals surface area contributed by atoms with Crippen LogP contribution in [0, 0.1) is 0 Å². The van der Waals surface area contributed by atoms with Crippen molar-refractivity contribution < 1.29 is 19.1 Å². The van der Waals surface area contributed by atoms with Crippen molar-refractivity contribution in [3.8, 4) is 11.5 Å². The third kappa shape index (κ3) is 5.10. The molecule has 0 aliphatic carbocycles. The van der Waals surface area contributed by atoms with E-state index >= 15 is 0 Å². The molecule has 0 saturated carbocycles. The van der Waals surface area contributed by atoms with E-state index < -0.39 is 0 Å². The molecular weight excluding hydrogens is 328 g/mol. The third-order valence-corrected chi connectivity index (χ3v) is 3.74. The Morgan fingerprint density at radius 1 is 1.04 bits per heavy atom. The summed E-state index contributed by atoms with van der Waals surface area (Å²) in [6.07, 6.45) is 0.384. The van der Waals surface area contributed by atoms with Gasteiger partial charge in [-0.15, -0.1) is 0 Å². The van der Waals surface area contributed by atoms with Crippen LogP contribution in [0.4, 0.5) is 0 Å². The fourth-order valence-corrected chi connectivity index (χ4v) is 2.32. The van der Waals surface area contributed by atoms with Crippen LogP contribution in [0.3, 0.4) is 0 Å². The van der Waals surface area contributed by atoms with Crippen LogP contribution in [0.25, 0.3) is 0 Å². The average Bonchev–Trinajstić information content (AvgIpc) is 2.58. The lowest BCUT2D eigenvalue weighted by molar-refractivity contribution is -0.116. The first-order valence-electron chi connectivity index (χ1n) is 7.57. The van der Waals surface area contributed by atoms with E-state index in [-0.39, 0.29) is 24.4 Å². The van der Waals surface area contributed by atoms with Crippen molar-refractivity contribution in [2.75, 3.05) is 7.11 Å². The second-order valence-corrected chi connectivity index (χ2v) is 5.84. The fraction of sp³-hybridized carbons (Fsp3) is 0.263. The van der Waals surface area contributed by atoms with Crippen molar-refractivity contribution in [1.29, 1.82) is 0 Å². The van der Waals surface area contributed by atoms with E-state index in [1.807, 2.05) is 24.3 Å². The van der Waals surface area contributed by atoms with E-state index in [9.17, 15) is 9.59 Å². The summed E-state index contributed by atoms with van der Waals surface area (Å²) in [4.78, 5) is 23.4. The van der Waals surface area contributed by atoms with Gasteiger partial charge in [0.2, 0.25) is 0 Å². The second-order valence-electron chi connectivity index (χ2n) is 5.40. The van der Waals surface area contributed by atoms with E-state index in [0.29, 0.717) is 22.9 Å². The number of carbonyl (C=O) groups excluding carboxylic acids is 2. The summed E-state index contributed by atoms with van der Waals surface area (Å²) in [5, 5.41) is 0.489.